The van der Waals surface area contributed by atoms with E-state index in [1.807, 2.05) is 11.8 Å². The summed E-state index contributed by atoms with van der Waals surface area (Å²) < 4.78 is 19.3. The molecule has 2 atom stereocenters. The third-order valence-corrected chi connectivity index (χ3v) is 5.60. The molecule has 2 heterocycles. The lowest BCUT2D eigenvalue weighted by Crippen LogP contribution is -2.49. The average Bonchev–Trinajstić information content (AvgIpc) is 2.90. The molecular formula is C19H22FNO2. The number of furan rings is 1. The van der Waals surface area contributed by atoms with E-state index < -0.39 is 0 Å². The predicted octanol–water partition coefficient (Wildman–Crippen LogP) is 4.68. The Hall–Kier alpha value is -1.84. The van der Waals surface area contributed by atoms with Crippen molar-refractivity contribution in [1.82, 2.24) is 4.90 Å². The molecule has 2 fully saturated rings. The van der Waals surface area contributed by atoms with Crippen molar-refractivity contribution in [2.24, 2.45) is 5.92 Å². The molecule has 23 heavy (non-hydrogen) atoms. The van der Waals surface area contributed by atoms with Crippen LogP contribution in [0.2, 0.25) is 0 Å². The van der Waals surface area contributed by atoms with Gasteiger partial charge in [0, 0.05) is 23.5 Å². The summed E-state index contributed by atoms with van der Waals surface area (Å²) in [5.41, 5.74) is 1.34. The molecular weight excluding hydrogens is 293 g/mol. The van der Waals surface area contributed by atoms with Crippen LogP contribution in [0.3, 0.4) is 0 Å². The molecule has 0 spiro atoms. The summed E-state index contributed by atoms with van der Waals surface area (Å²) in [6, 6.07) is 4.78. The van der Waals surface area contributed by atoms with Gasteiger partial charge in [-0.1, -0.05) is 12.8 Å². The van der Waals surface area contributed by atoms with Gasteiger partial charge in [0.05, 0.1) is 0 Å². The van der Waals surface area contributed by atoms with Gasteiger partial charge < -0.3 is 9.32 Å². The van der Waals surface area contributed by atoms with Crippen molar-refractivity contribution < 1.29 is 13.6 Å². The van der Waals surface area contributed by atoms with Crippen LogP contribution in [0.4, 0.5) is 4.39 Å². The van der Waals surface area contributed by atoms with Crippen LogP contribution in [0.5, 0.6) is 0 Å². The highest BCUT2D eigenvalue weighted by Crippen LogP contribution is 2.37. The zero-order valence-corrected chi connectivity index (χ0v) is 13.5. The van der Waals surface area contributed by atoms with Crippen LogP contribution in [0.1, 0.15) is 54.6 Å². The molecule has 1 amide bonds. The van der Waals surface area contributed by atoms with E-state index in [0.717, 1.165) is 24.9 Å². The number of carbonyl (C=O) groups is 1. The number of amides is 1. The van der Waals surface area contributed by atoms with Crippen molar-refractivity contribution in [1.29, 1.82) is 0 Å². The van der Waals surface area contributed by atoms with E-state index in [1.165, 1.54) is 37.8 Å². The summed E-state index contributed by atoms with van der Waals surface area (Å²) >= 11 is 0. The molecule has 2 aliphatic rings. The number of hydrogen-bond donors (Lipinski definition) is 0. The minimum atomic E-state index is -0.300. The number of halogens is 1. The van der Waals surface area contributed by atoms with Gasteiger partial charge in [0.1, 0.15) is 11.4 Å². The van der Waals surface area contributed by atoms with Crippen molar-refractivity contribution in [2.45, 2.75) is 51.5 Å². The van der Waals surface area contributed by atoms with Crippen LogP contribution in [-0.4, -0.2) is 23.4 Å². The summed E-state index contributed by atoms with van der Waals surface area (Å²) in [6.07, 6.45) is 7.13. The van der Waals surface area contributed by atoms with Crippen LogP contribution in [0.25, 0.3) is 11.0 Å². The van der Waals surface area contributed by atoms with E-state index in [-0.39, 0.29) is 11.7 Å². The van der Waals surface area contributed by atoms with Gasteiger partial charge in [-0.2, -0.15) is 0 Å². The quantitative estimate of drug-likeness (QED) is 0.766. The van der Waals surface area contributed by atoms with E-state index in [0.29, 0.717) is 28.7 Å². The first kappa shape index (κ1) is 14.7. The molecule has 1 saturated heterocycles. The molecule has 0 radical (unpaired) electrons. The SMILES string of the molecule is Cc1c(C(=O)N2CCC[C@@H]3CCCC[C@@H]32)oc2ccc(F)cc12. The molecule has 2 aromatic rings. The molecule has 3 nitrogen and oxygen atoms in total. The first-order valence-electron chi connectivity index (χ1n) is 8.65. The lowest BCUT2D eigenvalue weighted by Gasteiger charge is -2.43. The van der Waals surface area contributed by atoms with Crippen molar-refractivity contribution in [2.75, 3.05) is 6.54 Å². The average molecular weight is 315 g/mol. The fourth-order valence-corrected chi connectivity index (χ4v) is 4.40. The largest absolute Gasteiger partial charge is 0.451 e. The Bertz CT molecular complexity index is 749. The number of nitrogens with zero attached hydrogens (tertiary/aromatic N) is 1. The van der Waals surface area contributed by atoms with Gasteiger partial charge in [0.25, 0.3) is 5.91 Å². The van der Waals surface area contributed by atoms with Crippen LogP contribution >= 0.6 is 0 Å². The second kappa shape index (κ2) is 5.66. The van der Waals surface area contributed by atoms with Crippen molar-refractivity contribution in [3.05, 3.63) is 35.3 Å². The predicted molar refractivity (Wildman–Crippen MR) is 86.9 cm³/mol. The number of rotatable bonds is 1. The number of fused-ring (bicyclic) bond motifs is 2. The van der Waals surface area contributed by atoms with Crippen molar-refractivity contribution in [3.8, 4) is 0 Å². The molecule has 1 saturated carbocycles. The van der Waals surface area contributed by atoms with Crippen molar-refractivity contribution >= 4 is 16.9 Å². The third kappa shape index (κ3) is 2.44. The molecule has 122 valence electrons. The van der Waals surface area contributed by atoms with Crippen LogP contribution < -0.4 is 0 Å². The minimum absolute atomic E-state index is 0.0179. The van der Waals surface area contributed by atoms with Gasteiger partial charge >= 0.3 is 0 Å². The highest BCUT2D eigenvalue weighted by atomic mass is 19.1. The fourth-order valence-electron chi connectivity index (χ4n) is 4.40. The molecule has 4 rings (SSSR count). The number of benzene rings is 1. The summed E-state index contributed by atoms with van der Waals surface area (Å²) in [6.45, 7) is 2.66. The van der Waals surface area contributed by atoms with Gasteiger partial charge in [0.2, 0.25) is 0 Å². The smallest absolute Gasteiger partial charge is 0.290 e. The monoisotopic (exact) mass is 315 g/mol. The summed E-state index contributed by atoms with van der Waals surface area (Å²) in [7, 11) is 0. The number of hydrogen-bond acceptors (Lipinski definition) is 2. The van der Waals surface area contributed by atoms with E-state index in [1.54, 1.807) is 6.07 Å². The van der Waals surface area contributed by atoms with E-state index in [4.69, 9.17) is 4.42 Å². The Balaban J connectivity index is 1.69. The van der Waals surface area contributed by atoms with Gasteiger partial charge in [-0.05, 0) is 56.7 Å². The second-order valence-electron chi connectivity index (χ2n) is 6.95. The Labute approximate surface area is 135 Å². The maximum Gasteiger partial charge on any atom is 0.290 e. The number of carbonyl (C=O) groups excluding carboxylic acids is 1. The normalized spacial score (nSPS) is 24.7. The van der Waals surface area contributed by atoms with E-state index in [2.05, 4.69) is 0 Å². The molecule has 1 aliphatic carbocycles. The summed E-state index contributed by atoms with van der Waals surface area (Å²) in [4.78, 5) is 15.1. The molecule has 4 heteroatoms. The summed E-state index contributed by atoms with van der Waals surface area (Å²) in [5, 5.41) is 0.700. The molecule has 0 N–H and O–H groups in total. The highest BCUT2D eigenvalue weighted by Gasteiger charge is 2.37. The Morgan fingerprint density at radius 2 is 2.00 bits per heavy atom. The molecule has 1 aromatic carbocycles. The lowest BCUT2D eigenvalue weighted by molar-refractivity contribution is 0.0363. The molecule has 1 aromatic heterocycles. The van der Waals surface area contributed by atoms with E-state index >= 15 is 0 Å². The summed E-state index contributed by atoms with van der Waals surface area (Å²) in [5.74, 6) is 0.710. The highest BCUT2D eigenvalue weighted by molar-refractivity contribution is 5.99. The van der Waals surface area contributed by atoms with E-state index in [9.17, 15) is 9.18 Å². The van der Waals surface area contributed by atoms with Crippen molar-refractivity contribution in [3.63, 3.8) is 0 Å². The Morgan fingerprint density at radius 1 is 1.22 bits per heavy atom. The zero-order chi connectivity index (χ0) is 16.0. The molecule has 0 unspecified atom stereocenters. The number of aryl methyl sites for hydroxylation is 1. The minimum Gasteiger partial charge on any atom is -0.451 e. The van der Waals surface area contributed by atoms with Gasteiger partial charge in [-0.15, -0.1) is 0 Å². The first-order chi connectivity index (χ1) is 11.1. The Morgan fingerprint density at radius 3 is 2.87 bits per heavy atom. The maximum atomic E-state index is 13.5. The second-order valence-corrected chi connectivity index (χ2v) is 6.95. The van der Waals surface area contributed by atoms with Crippen LogP contribution in [0.15, 0.2) is 22.6 Å². The van der Waals surface area contributed by atoms with Crippen LogP contribution in [0, 0.1) is 18.7 Å². The third-order valence-electron chi connectivity index (χ3n) is 5.60. The van der Waals surface area contributed by atoms with Gasteiger partial charge in [-0.3, -0.25) is 4.79 Å². The zero-order valence-electron chi connectivity index (χ0n) is 13.5. The molecule has 1 aliphatic heterocycles. The number of likely N-dealkylation sites (tertiary alicyclic amines) is 1. The van der Waals surface area contributed by atoms with Gasteiger partial charge in [-0.25, -0.2) is 4.39 Å². The first-order valence-corrected chi connectivity index (χ1v) is 8.65. The van der Waals surface area contributed by atoms with Gasteiger partial charge in [0.15, 0.2) is 5.76 Å². The maximum absolute atomic E-state index is 13.5. The van der Waals surface area contributed by atoms with Crippen LogP contribution in [-0.2, 0) is 0 Å². The fraction of sp³-hybridized carbons (Fsp3) is 0.526. The number of piperidine rings is 1. The molecule has 0 bridgehead atoms. The lowest BCUT2D eigenvalue weighted by atomic mass is 9.78. The Kier molecular flexibility index (Phi) is 3.63. The standard InChI is InChI=1S/C19H22FNO2/c1-12-15-11-14(20)8-9-17(15)23-18(12)19(22)21-10-4-6-13-5-2-3-7-16(13)21/h8-9,11,13,16H,2-7,10H2,1H3/t13-,16-/m0/s1. The topological polar surface area (TPSA) is 33.5 Å².